The number of anilines is 1. The third-order valence-corrected chi connectivity index (χ3v) is 6.83. The van der Waals surface area contributed by atoms with Gasteiger partial charge >= 0.3 is 0 Å². The van der Waals surface area contributed by atoms with Crippen molar-refractivity contribution in [2.24, 2.45) is 0 Å². The van der Waals surface area contributed by atoms with Crippen molar-refractivity contribution in [1.82, 2.24) is 14.5 Å². The van der Waals surface area contributed by atoms with Crippen LogP contribution in [0.25, 0.3) is 16.3 Å². The van der Waals surface area contributed by atoms with Gasteiger partial charge in [-0.2, -0.15) is 0 Å². The standard InChI is InChI=1S/C21H19ClN4O2S2.ClH/c1-28-17-7-6-16(22)20-19(17)24-21(30-20)26(11-3-10-25-12-9-23-14-25)18(27)8-5-15-4-2-13-29-15;/h2,4-9,12-14H,3,10-11H2,1H3;1H/b8-5+;. The number of rotatable bonds is 8. The van der Waals surface area contributed by atoms with Crippen LogP contribution in [0.4, 0.5) is 5.13 Å². The molecular formula is C21H20Cl2N4O2S2. The Hall–Kier alpha value is -2.39. The Balaban J connectivity index is 0.00000272. The molecule has 0 aliphatic heterocycles. The van der Waals surface area contributed by atoms with Crippen LogP contribution in [-0.2, 0) is 11.3 Å². The third kappa shape index (κ3) is 5.46. The van der Waals surface area contributed by atoms with Crippen LogP contribution >= 0.6 is 46.7 Å². The highest BCUT2D eigenvalue weighted by atomic mass is 35.5. The summed E-state index contributed by atoms with van der Waals surface area (Å²) in [7, 11) is 1.60. The Morgan fingerprint density at radius 2 is 2.23 bits per heavy atom. The second kappa shape index (κ2) is 10.8. The van der Waals surface area contributed by atoms with E-state index in [9.17, 15) is 4.79 Å². The molecule has 0 bridgehead atoms. The minimum atomic E-state index is -0.122. The zero-order chi connectivity index (χ0) is 20.9. The molecule has 0 saturated carbocycles. The molecule has 0 N–H and O–H groups in total. The van der Waals surface area contributed by atoms with Gasteiger partial charge in [-0.3, -0.25) is 9.69 Å². The average Bonchev–Trinajstić information content (AvgIpc) is 3.52. The van der Waals surface area contributed by atoms with Crippen LogP contribution in [0, 0.1) is 0 Å². The maximum atomic E-state index is 13.1. The van der Waals surface area contributed by atoms with E-state index >= 15 is 0 Å². The van der Waals surface area contributed by atoms with Gasteiger partial charge < -0.3 is 9.30 Å². The molecule has 0 unspecified atom stereocenters. The molecule has 0 spiro atoms. The number of thiophene rings is 1. The molecule has 1 aromatic carbocycles. The summed E-state index contributed by atoms with van der Waals surface area (Å²) in [5, 5.41) is 3.17. The van der Waals surface area contributed by atoms with E-state index in [0.717, 1.165) is 22.5 Å². The lowest BCUT2D eigenvalue weighted by molar-refractivity contribution is -0.114. The summed E-state index contributed by atoms with van der Waals surface area (Å²) in [5.74, 6) is 0.514. The largest absolute Gasteiger partial charge is 0.494 e. The Morgan fingerprint density at radius 1 is 1.35 bits per heavy atom. The Labute approximate surface area is 199 Å². The van der Waals surface area contributed by atoms with E-state index in [-0.39, 0.29) is 18.3 Å². The van der Waals surface area contributed by atoms with Crippen LogP contribution in [0.15, 0.2) is 54.4 Å². The van der Waals surface area contributed by atoms with Crippen molar-refractivity contribution >= 4 is 74.0 Å². The number of halogens is 2. The molecule has 6 nitrogen and oxygen atoms in total. The lowest BCUT2D eigenvalue weighted by Gasteiger charge is -2.18. The fourth-order valence-electron chi connectivity index (χ4n) is 2.98. The Kier molecular flexibility index (Phi) is 8.09. The second-order valence-electron chi connectivity index (χ2n) is 6.42. The van der Waals surface area contributed by atoms with E-state index in [1.54, 1.807) is 54.1 Å². The van der Waals surface area contributed by atoms with Crippen molar-refractivity contribution in [1.29, 1.82) is 0 Å². The molecule has 3 heterocycles. The predicted octanol–water partition coefficient (Wildman–Crippen LogP) is 5.77. The monoisotopic (exact) mass is 494 g/mol. The number of carbonyl (C=O) groups is 1. The number of fused-ring (bicyclic) bond motifs is 1. The van der Waals surface area contributed by atoms with Gasteiger partial charge in [0, 0.05) is 36.4 Å². The van der Waals surface area contributed by atoms with Crippen molar-refractivity contribution < 1.29 is 9.53 Å². The van der Waals surface area contributed by atoms with Gasteiger partial charge in [-0.05, 0) is 36.1 Å². The number of hydrogen-bond acceptors (Lipinski definition) is 6. The number of imidazole rings is 1. The smallest absolute Gasteiger partial charge is 0.252 e. The van der Waals surface area contributed by atoms with Gasteiger partial charge in [0.25, 0.3) is 5.91 Å². The number of thiazole rings is 1. The Morgan fingerprint density at radius 3 is 2.94 bits per heavy atom. The quantitative estimate of drug-likeness (QED) is 0.291. The maximum Gasteiger partial charge on any atom is 0.252 e. The fourth-order valence-corrected chi connectivity index (χ4v) is 4.89. The highest BCUT2D eigenvalue weighted by molar-refractivity contribution is 7.23. The molecular weight excluding hydrogens is 475 g/mol. The van der Waals surface area contributed by atoms with Gasteiger partial charge in [0.1, 0.15) is 11.3 Å². The molecule has 162 valence electrons. The summed E-state index contributed by atoms with van der Waals surface area (Å²) in [6.07, 6.45) is 9.60. The van der Waals surface area contributed by atoms with E-state index in [0.29, 0.717) is 28.0 Å². The van der Waals surface area contributed by atoms with Gasteiger partial charge in [0.15, 0.2) is 5.13 Å². The van der Waals surface area contributed by atoms with Crippen LogP contribution in [-0.4, -0.2) is 34.1 Å². The third-order valence-electron chi connectivity index (χ3n) is 4.45. The molecule has 0 aliphatic rings. The topological polar surface area (TPSA) is 60.2 Å². The molecule has 0 saturated heterocycles. The van der Waals surface area contributed by atoms with Crippen LogP contribution in [0.2, 0.25) is 5.02 Å². The average molecular weight is 495 g/mol. The first-order valence-corrected chi connectivity index (χ1v) is 11.3. The number of amides is 1. The van der Waals surface area contributed by atoms with Gasteiger partial charge in [0.05, 0.1) is 23.2 Å². The normalized spacial score (nSPS) is 11.0. The van der Waals surface area contributed by atoms with E-state index in [2.05, 4.69) is 4.98 Å². The van der Waals surface area contributed by atoms with Crippen LogP contribution < -0.4 is 9.64 Å². The van der Waals surface area contributed by atoms with Crippen molar-refractivity contribution in [2.75, 3.05) is 18.6 Å². The van der Waals surface area contributed by atoms with Crippen molar-refractivity contribution in [3.63, 3.8) is 0 Å². The predicted molar refractivity (Wildman–Crippen MR) is 131 cm³/mol. The molecule has 0 aliphatic carbocycles. The highest BCUT2D eigenvalue weighted by Gasteiger charge is 2.20. The molecule has 0 radical (unpaired) electrons. The number of benzene rings is 1. The highest BCUT2D eigenvalue weighted by Crippen LogP contribution is 2.38. The van der Waals surface area contributed by atoms with Crippen LogP contribution in [0.3, 0.4) is 0 Å². The summed E-state index contributed by atoms with van der Waals surface area (Å²) in [4.78, 5) is 24.5. The zero-order valence-electron chi connectivity index (χ0n) is 16.6. The van der Waals surface area contributed by atoms with Crippen LogP contribution in [0.1, 0.15) is 11.3 Å². The number of ether oxygens (including phenoxy) is 1. The molecule has 0 atom stereocenters. The number of nitrogens with zero attached hydrogens (tertiary/aromatic N) is 4. The fraction of sp³-hybridized carbons (Fsp3) is 0.190. The summed E-state index contributed by atoms with van der Waals surface area (Å²) in [6, 6.07) is 7.50. The summed E-state index contributed by atoms with van der Waals surface area (Å²) >= 11 is 9.35. The Bertz CT molecular complexity index is 1160. The minimum Gasteiger partial charge on any atom is -0.494 e. The lowest BCUT2D eigenvalue weighted by Crippen LogP contribution is -2.30. The summed E-state index contributed by atoms with van der Waals surface area (Å²) in [5.41, 5.74) is 0.666. The number of aromatic nitrogens is 3. The minimum absolute atomic E-state index is 0. The van der Waals surface area contributed by atoms with E-state index in [4.69, 9.17) is 21.3 Å². The molecule has 1 amide bonds. The number of carbonyl (C=O) groups excluding carboxylic acids is 1. The van der Waals surface area contributed by atoms with Gasteiger partial charge in [-0.25, -0.2) is 9.97 Å². The number of hydrogen-bond donors (Lipinski definition) is 0. The number of aryl methyl sites for hydroxylation is 1. The summed E-state index contributed by atoms with van der Waals surface area (Å²) in [6.45, 7) is 1.28. The molecule has 3 aromatic heterocycles. The van der Waals surface area contributed by atoms with E-state index < -0.39 is 0 Å². The van der Waals surface area contributed by atoms with Gasteiger partial charge in [-0.15, -0.1) is 23.7 Å². The first kappa shape index (κ1) is 23.3. The molecule has 0 fully saturated rings. The van der Waals surface area contributed by atoms with Crippen LogP contribution in [0.5, 0.6) is 5.75 Å². The second-order valence-corrected chi connectivity index (χ2v) is 8.78. The lowest BCUT2D eigenvalue weighted by atomic mass is 10.3. The number of methoxy groups -OCH3 is 1. The molecule has 4 rings (SSSR count). The maximum absolute atomic E-state index is 13.1. The first-order valence-electron chi connectivity index (χ1n) is 9.27. The summed E-state index contributed by atoms with van der Waals surface area (Å²) < 4.78 is 8.22. The first-order chi connectivity index (χ1) is 14.7. The van der Waals surface area contributed by atoms with Gasteiger partial charge in [-0.1, -0.05) is 29.0 Å². The van der Waals surface area contributed by atoms with Crippen molar-refractivity contribution in [3.05, 3.63) is 64.3 Å². The zero-order valence-corrected chi connectivity index (χ0v) is 19.8. The van der Waals surface area contributed by atoms with E-state index in [1.807, 2.05) is 34.4 Å². The van der Waals surface area contributed by atoms with Gasteiger partial charge in [0.2, 0.25) is 0 Å². The van der Waals surface area contributed by atoms with Crippen molar-refractivity contribution in [3.8, 4) is 5.75 Å². The SMILES string of the molecule is COc1ccc(Cl)c2sc(N(CCCn3ccnc3)C(=O)/C=C/c3cccs3)nc12.Cl. The molecule has 31 heavy (non-hydrogen) atoms. The molecule has 10 heteroatoms. The van der Waals surface area contributed by atoms with E-state index in [1.165, 1.54) is 11.3 Å². The van der Waals surface area contributed by atoms with Crippen molar-refractivity contribution in [2.45, 2.75) is 13.0 Å². The molecule has 4 aromatic rings.